The summed E-state index contributed by atoms with van der Waals surface area (Å²) in [6.45, 7) is 6.62. The van der Waals surface area contributed by atoms with E-state index in [1.165, 1.54) is 11.1 Å². The molecule has 0 spiro atoms. The lowest BCUT2D eigenvalue weighted by Gasteiger charge is -2.10. The van der Waals surface area contributed by atoms with Crippen molar-refractivity contribution in [2.24, 2.45) is 0 Å². The Kier molecular flexibility index (Phi) is 8.31. The topological polar surface area (TPSA) is 77.8 Å². The van der Waals surface area contributed by atoms with Gasteiger partial charge in [0.1, 0.15) is 23.5 Å². The predicted octanol–water partition coefficient (Wildman–Crippen LogP) is 5.14. The van der Waals surface area contributed by atoms with Crippen molar-refractivity contribution in [3.8, 4) is 5.75 Å². The molecule has 170 valence electrons. The number of ether oxygens (including phenoxy) is 2. The molecule has 1 atom stereocenters. The zero-order chi connectivity index (χ0) is 22.9. The van der Waals surface area contributed by atoms with E-state index >= 15 is 0 Å². The van der Waals surface area contributed by atoms with Gasteiger partial charge < -0.3 is 19.2 Å². The third-order valence-corrected chi connectivity index (χ3v) is 5.12. The van der Waals surface area contributed by atoms with Crippen LogP contribution in [0.2, 0.25) is 0 Å². The lowest BCUT2D eigenvalue weighted by atomic mass is 10.0. The summed E-state index contributed by atoms with van der Waals surface area (Å²) in [4.78, 5) is 23.5. The van der Waals surface area contributed by atoms with Crippen LogP contribution in [0.3, 0.4) is 0 Å². The van der Waals surface area contributed by atoms with Crippen LogP contribution < -0.4 is 10.1 Å². The molecule has 0 saturated heterocycles. The molecule has 1 heterocycles. The molecule has 1 N–H and O–H groups in total. The van der Waals surface area contributed by atoms with E-state index in [0.717, 1.165) is 42.6 Å². The van der Waals surface area contributed by atoms with Crippen LogP contribution in [0.5, 0.6) is 5.75 Å². The summed E-state index contributed by atoms with van der Waals surface area (Å²) in [6, 6.07) is 16.0. The Bertz CT molecular complexity index is 1040. The minimum Gasteiger partial charge on any atom is -0.494 e. The van der Waals surface area contributed by atoms with Gasteiger partial charge in [-0.1, -0.05) is 31.2 Å². The number of nitrogens with one attached hydrogen (secondary N) is 1. The second kappa shape index (κ2) is 11.4. The summed E-state index contributed by atoms with van der Waals surface area (Å²) < 4.78 is 16.4. The van der Waals surface area contributed by atoms with Gasteiger partial charge in [0.25, 0.3) is 0 Å². The van der Waals surface area contributed by atoms with Crippen LogP contribution in [0.4, 0.5) is 0 Å². The number of amides is 1. The van der Waals surface area contributed by atoms with Crippen molar-refractivity contribution in [3.63, 3.8) is 0 Å². The van der Waals surface area contributed by atoms with Gasteiger partial charge in [-0.15, -0.1) is 0 Å². The highest BCUT2D eigenvalue weighted by Gasteiger charge is 2.17. The lowest BCUT2D eigenvalue weighted by Crippen LogP contribution is -2.28. The second-order valence-corrected chi connectivity index (χ2v) is 7.78. The molecule has 32 heavy (non-hydrogen) atoms. The molecule has 3 rings (SSSR count). The van der Waals surface area contributed by atoms with Crippen LogP contribution in [0.25, 0.3) is 11.0 Å². The monoisotopic (exact) mass is 437 g/mol. The van der Waals surface area contributed by atoms with E-state index in [1.54, 1.807) is 6.92 Å². The molecule has 2 aromatic carbocycles. The normalized spacial score (nSPS) is 11.8. The van der Waals surface area contributed by atoms with E-state index in [0.29, 0.717) is 5.76 Å². The van der Waals surface area contributed by atoms with E-state index < -0.39 is 5.97 Å². The van der Waals surface area contributed by atoms with E-state index in [-0.39, 0.29) is 25.0 Å². The van der Waals surface area contributed by atoms with Crippen LogP contribution in [-0.2, 0) is 27.2 Å². The van der Waals surface area contributed by atoms with Gasteiger partial charge in [-0.3, -0.25) is 9.59 Å². The molecular formula is C26H31NO5. The molecular weight excluding hydrogens is 406 g/mol. The number of carbonyl (C=O) groups is 2. The number of aryl methyl sites for hydroxylation is 2. The van der Waals surface area contributed by atoms with Crippen molar-refractivity contribution in [3.05, 3.63) is 65.4 Å². The first-order chi connectivity index (χ1) is 15.5. The first kappa shape index (κ1) is 23.4. The summed E-state index contributed by atoms with van der Waals surface area (Å²) in [5, 5.41) is 3.76. The number of fused-ring (bicyclic) bond motifs is 1. The quantitative estimate of drug-likeness (QED) is 0.332. The number of hydrogen-bond acceptors (Lipinski definition) is 5. The number of rotatable bonds is 11. The number of benzene rings is 2. The van der Waals surface area contributed by atoms with Gasteiger partial charge in [-0.05, 0) is 68.5 Å². The number of esters is 1. The molecule has 6 nitrogen and oxygen atoms in total. The molecule has 0 aliphatic rings. The first-order valence-corrected chi connectivity index (χ1v) is 11.2. The maximum absolute atomic E-state index is 12.0. The minimum absolute atomic E-state index is 0.256. The van der Waals surface area contributed by atoms with Gasteiger partial charge in [0, 0.05) is 5.39 Å². The summed E-state index contributed by atoms with van der Waals surface area (Å²) >= 11 is 0. The molecule has 0 fully saturated rings. The molecule has 1 aromatic heterocycles. The van der Waals surface area contributed by atoms with Crippen molar-refractivity contribution in [2.45, 2.75) is 52.5 Å². The van der Waals surface area contributed by atoms with E-state index in [4.69, 9.17) is 13.9 Å². The maximum Gasteiger partial charge on any atom is 0.315 e. The van der Waals surface area contributed by atoms with Gasteiger partial charge in [-0.2, -0.15) is 0 Å². The Morgan fingerprint density at radius 1 is 1.00 bits per heavy atom. The minimum atomic E-state index is -0.533. The molecule has 0 bridgehead atoms. The molecule has 0 saturated carbocycles. The highest BCUT2D eigenvalue weighted by atomic mass is 16.5. The van der Waals surface area contributed by atoms with Crippen LogP contribution in [0, 0.1) is 0 Å². The van der Waals surface area contributed by atoms with Crippen LogP contribution in [-0.4, -0.2) is 25.1 Å². The van der Waals surface area contributed by atoms with E-state index in [1.807, 2.05) is 37.3 Å². The van der Waals surface area contributed by atoms with Crippen LogP contribution in [0.15, 0.2) is 52.9 Å². The second-order valence-electron chi connectivity index (χ2n) is 7.78. The van der Waals surface area contributed by atoms with Gasteiger partial charge in [0.05, 0.1) is 19.3 Å². The zero-order valence-corrected chi connectivity index (χ0v) is 19.0. The molecule has 0 aliphatic heterocycles. The molecule has 1 amide bonds. The maximum atomic E-state index is 12.0. The predicted molar refractivity (Wildman–Crippen MR) is 124 cm³/mol. The van der Waals surface area contributed by atoms with Crippen molar-refractivity contribution in [1.82, 2.24) is 5.32 Å². The van der Waals surface area contributed by atoms with Gasteiger partial charge >= 0.3 is 5.97 Å². The van der Waals surface area contributed by atoms with Crippen molar-refractivity contribution >= 4 is 22.8 Å². The summed E-state index contributed by atoms with van der Waals surface area (Å²) in [7, 11) is 0. The number of carbonyl (C=O) groups excluding carboxylic acids is 2. The average Bonchev–Trinajstić information content (AvgIpc) is 3.20. The molecule has 1 unspecified atom stereocenters. The Labute approximate surface area is 188 Å². The van der Waals surface area contributed by atoms with E-state index in [2.05, 4.69) is 30.4 Å². The van der Waals surface area contributed by atoms with Crippen molar-refractivity contribution in [1.29, 1.82) is 0 Å². The fourth-order valence-corrected chi connectivity index (χ4v) is 3.43. The zero-order valence-electron chi connectivity index (χ0n) is 19.0. The third-order valence-electron chi connectivity index (χ3n) is 5.12. The van der Waals surface area contributed by atoms with Gasteiger partial charge in [0.15, 0.2) is 0 Å². The summed E-state index contributed by atoms with van der Waals surface area (Å²) in [5.74, 6) is 0.637. The third kappa shape index (κ3) is 6.61. The first-order valence-electron chi connectivity index (χ1n) is 11.2. The standard InChI is InChI=1S/C26H31NO5/c1-4-14-31-22-12-9-19(10-13-22)6-7-20-8-11-21-16-23(32-24(21)15-20)18(3)27-25(28)17-26(29)30-5-2/h8-13,15-16,18H,4-7,14,17H2,1-3H3,(H,27,28). The highest BCUT2D eigenvalue weighted by Crippen LogP contribution is 2.25. The summed E-state index contributed by atoms with van der Waals surface area (Å²) in [6.07, 6.45) is 2.52. The molecule has 0 radical (unpaired) electrons. The smallest absolute Gasteiger partial charge is 0.315 e. The molecule has 0 aliphatic carbocycles. The SMILES string of the molecule is CCCOc1ccc(CCc2ccc3cc(C(C)NC(=O)CC(=O)OCC)oc3c2)cc1. The molecule has 6 heteroatoms. The fourth-order valence-electron chi connectivity index (χ4n) is 3.43. The highest BCUT2D eigenvalue weighted by molar-refractivity contribution is 5.94. The van der Waals surface area contributed by atoms with Gasteiger partial charge in [-0.25, -0.2) is 0 Å². The van der Waals surface area contributed by atoms with Crippen molar-refractivity contribution in [2.75, 3.05) is 13.2 Å². The van der Waals surface area contributed by atoms with E-state index in [9.17, 15) is 9.59 Å². The fraction of sp³-hybridized carbons (Fsp3) is 0.385. The summed E-state index contributed by atoms with van der Waals surface area (Å²) in [5.41, 5.74) is 3.23. The Hall–Kier alpha value is -3.28. The molecule has 3 aromatic rings. The Morgan fingerprint density at radius 3 is 2.44 bits per heavy atom. The van der Waals surface area contributed by atoms with Crippen molar-refractivity contribution < 1.29 is 23.5 Å². The Morgan fingerprint density at radius 2 is 1.72 bits per heavy atom. The van der Waals surface area contributed by atoms with Crippen LogP contribution >= 0.6 is 0 Å². The Balaban J connectivity index is 1.58. The number of hydrogen-bond donors (Lipinski definition) is 1. The van der Waals surface area contributed by atoms with Crippen LogP contribution in [0.1, 0.15) is 56.5 Å². The largest absolute Gasteiger partial charge is 0.494 e. The number of furan rings is 1. The van der Waals surface area contributed by atoms with Gasteiger partial charge in [0.2, 0.25) is 5.91 Å². The average molecular weight is 438 g/mol. The lowest BCUT2D eigenvalue weighted by molar-refractivity contribution is -0.146.